The van der Waals surface area contributed by atoms with Crippen molar-refractivity contribution in [2.45, 2.75) is 45.6 Å². The highest BCUT2D eigenvalue weighted by Gasteiger charge is 2.18. The van der Waals surface area contributed by atoms with Crippen molar-refractivity contribution < 1.29 is 4.74 Å². The average Bonchev–Trinajstić information content (AvgIpc) is 2.78. The smallest absolute Gasteiger partial charge is 0.242 e. The summed E-state index contributed by atoms with van der Waals surface area (Å²) in [5.41, 5.74) is 6.52. The molecular formula is C12H20N4O. The second-order valence-corrected chi connectivity index (χ2v) is 4.40. The Kier molecular flexibility index (Phi) is 3.66. The summed E-state index contributed by atoms with van der Waals surface area (Å²) >= 11 is 0. The summed E-state index contributed by atoms with van der Waals surface area (Å²) in [6.45, 7) is 4.33. The van der Waals surface area contributed by atoms with Crippen LogP contribution in [0.4, 0.5) is 11.5 Å². The van der Waals surface area contributed by atoms with E-state index in [0.717, 1.165) is 0 Å². The van der Waals surface area contributed by atoms with Gasteiger partial charge in [-0.25, -0.2) is 4.98 Å². The molecule has 1 aliphatic rings. The van der Waals surface area contributed by atoms with Crippen LogP contribution in [0.1, 0.15) is 38.4 Å². The highest BCUT2D eigenvalue weighted by molar-refractivity contribution is 5.67. The van der Waals surface area contributed by atoms with Gasteiger partial charge in [0.1, 0.15) is 11.5 Å². The van der Waals surface area contributed by atoms with Crippen molar-refractivity contribution in [1.82, 2.24) is 9.97 Å². The van der Waals surface area contributed by atoms with Gasteiger partial charge in [0.25, 0.3) is 0 Å². The van der Waals surface area contributed by atoms with Crippen molar-refractivity contribution in [3.8, 4) is 5.88 Å². The molecule has 1 fully saturated rings. The lowest BCUT2D eigenvalue weighted by Gasteiger charge is -2.16. The molecule has 1 saturated carbocycles. The molecular weight excluding hydrogens is 216 g/mol. The number of aromatic nitrogens is 2. The quantitative estimate of drug-likeness (QED) is 0.837. The minimum absolute atomic E-state index is 0.487. The van der Waals surface area contributed by atoms with Crippen molar-refractivity contribution in [3.05, 3.63) is 5.82 Å². The van der Waals surface area contributed by atoms with E-state index in [4.69, 9.17) is 10.5 Å². The average molecular weight is 236 g/mol. The fourth-order valence-corrected chi connectivity index (χ4v) is 2.18. The number of aryl methyl sites for hydroxylation is 1. The lowest BCUT2D eigenvalue weighted by Crippen LogP contribution is -2.18. The molecule has 2 rings (SSSR count). The topological polar surface area (TPSA) is 73.1 Å². The second-order valence-electron chi connectivity index (χ2n) is 4.40. The van der Waals surface area contributed by atoms with E-state index >= 15 is 0 Å². The number of nitrogens with one attached hydrogen (secondary N) is 1. The molecule has 1 aromatic rings. The predicted molar refractivity (Wildman–Crippen MR) is 68.2 cm³/mol. The van der Waals surface area contributed by atoms with Gasteiger partial charge in [-0.15, -0.1) is 0 Å². The number of hydrogen-bond acceptors (Lipinski definition) is 5. The van der Waals surface area contributed by atoms with Crippen LogP contribution < -0.4 is 15.8 Å². The lowest BCUT2D eigenvalue weighted by atomic mass is 10.2. The number of anilines is 2. The van der Waals surface area contributed by atoms with Crippen molar-refractivity contribution in [3.63, 3.8) is 0 Å². The third-order valence-electron chi connectivity index (χ3n) is 3.00. The van der Waals surface area contributed by atoms with Gasteiger partial charge in [-0.05, 0) is 26.7 Å². The zero-order chi connectivity index (χ0) is 12.3. The van der Waals surface area contributed by atoms with Crippen LogP contribution in [0.2, 0.25) is 0 Å². The number of hydrogen-bond donors (Lipinski definition) is 2. The molecule has 0 aliphatic heterocycles. The summed E-state index contributed by atoms with van der Waals surface area (Å²) in [5, 5.41) is 3.39. The molecule has 0 unspecified atom stereocenters. The van der Waals surface area contributed by atoms with Crippen molar-refractivity contribution in [2.75, 3.05) is 17.7 Å². The standard InChI is InChI=1S/C12H20N4O/c1-3-17-12-10(13)11(14-8(2)15-12)16-9-6-4-5-7-9/h9H,3-7,13H2,1-2H3,(H,14,15,16). The molecule has 1 aromatic heterocycles. The monoisotopic (exact) mass is 236 g/mol. The van der Waals surface area contributed by atoms with Crippen molar-refractivity contribution in [1.29, 1.82) is 0 Å². The molecule has 5 heteroatoms. The molecule has 5 nitrogen and oxygen atoms in total. The summed E-state index contributed by atoms with van der Waals surface area (Å²) in [6.07, 6.45) is 4.93. The van der Waals surface area contributed by atoms with Crippen LogP contribution in [0, 0.1) is 6.92 Å². The molecule has 0 saturated heterocycles. The molecule has 3 N–H and O–H groups in total. The first-order valence-electron chi connectivity index (χ1n) is 6.24. The minimum atomic E-state index is 0.487. The molecule has 0 aromatic carbocycles. The van der Waals surface area contributed by atoms with Gasteiger partial charge < -0.3 is 15.8 Å². The summed E-state index contributed by atoms with van der Waals surface area (Å²) in [4.78, 5) is 8.55. The van der Waals surface area contributed by atoms with Crippen molar-refractivity contribution >= 4 is 11.5 Å². The third-order valence-corrected chi connectivity index (χ3v) is 3.00. The van der Waals surface area contributed by atoms with Gasteiger partial charge in [0.2, 0.25) is 5.88 Å². The highest BCUT2D eigenvalue weighted by atomic mass is 16.5. The maximum absolute atomic E-state index is 6.00. The van der Waals surface area contributed by atoms with E-state index < -0.39 is 0 Å². The number of nitrogens with zero attached hydrogens (tertiary/aromatic N) is 2. The fourth-order valence-electron chi connectivity index (χ4n) is 2.18. The van der Waals surface area contributed by atoms with E-state index in [0.29, 0.717) is 35.9 Å². The van der Waals surface area contributed by atoms with Gasteiger partial charge in [0.05, 0.1) is 6.61 Å². The number of nitrogens with two attached hydrogens (primary N) is 1. The zero-order valence-corrected chi connectivity index (χ0v) is 10.5. The van der Waals surface area contributed by atoms with Gasteiger partial charge in [0.15, 0.2) is 5.82 Å². The molecule has 0 amide bonds. The Morgan fingerprint density at radius 2 is 2.06 bits per heavy atom. The van der Waals surface area contributed by atoms with Crippen LogP contribution in [-0.4, -0.2) is 22.6 Å². The van der Waals surface area contributed by atoms with E-state index in [1.54, 1.807) is 0 Å². The Morgan fingerprint density at radius 1 is 1.35 bits per heavy atom. The van der Waals surface area contributed by atoms with Gasteiger partial charge in [-0.1, -0.05) is 12.8 Å². The van der Waals surface area contributed by atoms with E-state index in [1.165, 1.54) is 25.7 Å². The third kappa shape index (κ3) is 2.78. The van der Waals surface area contributed by atoms with Crippen LogP contribution in [0.25, 0.3) is 0 Å². The Hall–Kier alpha value is -1.52. The zero-order valence-electron chi connectivity index (χ0n) is 10.5. The molecule has 1 aliphatic carbocycles. The first kappa shape index (κ1) is 12.0. The van der Waals surface area contributed by atoms with Gasteiger partial charge >= 0.3 is 0 Å². The maximum atomic E-state index is 6.00. The highest BCUT2D eigenvalue weighted by Crippen LogP contribution is 2.29. The van der Waals surface area contributed by atoms with Crippen LogP contribution in [0.5, 0.6) is 5.88 Å². The summed E-state index contributed by atoms with van der Waals surface area (Å²) < 4.78 is 5.41. The van der Waals surface area contributed by atoms with Crippen LogP contribution in [0.15, 0.2) is 0 Å². The van der Waals surface area contributed by atoms with Gasteiger partial charge in [0, 0.05) is 6.04 Å². The first-order valence-corrected chi connectivity index (χ1v) is 6.24. The SMILES string of the molecule is CCOc1nc(C)nc(NC2CCCC2)c1N. The number of nitrogen functional groups attached to an aromatic ring is 1. The van der Waals surface area contributed by atoms with Gasteiger partial charge in [-0.3, -0.25) is 0 Å². The minimum Gasteiger partial charge on any atom is -0.476 e. The van der Waals surface area contributed by atoms with Crippen LogP contribution in [-0.2, 0) is 0 Å². The Balaban J connectivity index is 2.19. The summed E-state index contributed by atoms with van der Waals surface area (Å²) in [6, 6.07) is 0.487. The fraction of sp³-hybridized carbons (Fsp3) is 0.667. The molecule has 0 bridgehead atoms. The maximum Gasteiger partial charge on any atom is 0.242 e. The summed E-state index contributed by atoms with van der Waals surface area (Å²) in [7, 11) is 0. The van der Waals surface area contributed by atoms with Gasteiger partial charge in [-0.2, -0.15) is 4.98 Å². The molecule has 0 atom stereocenters. The molecule has 0 radical (unpaired) electrons. The Morgan fingerprint density at radius 3 is 2.71 bits per heavy atom. The van der Waals surface area contributed by atoms with Crippen LogP contribution >= 0.6 is 0 Å². The largest absolute Gasteiger partial charge is 0.476 e. The molecule has 0 spiro atoms. The predicted octanol–water partition coefficient (Wildman–Crippen LogP) is 2.12. The first-order chi connectivity index (χ1) is 8.20. The van der Waals surface area contributed by atoms with E-state index in [-0.39, 0.29) is 0 Å². The normalized spacial score (nSPS) is 16.1. The second kappa shape index (κ2) is 5.21. The number of ether oxygens (including phenoxy) is 1. The molecule has 1 heterocycles. The van der Waals surface area contributed by atoms with Crippen molar-refractivity contribution in [2.24, 2.45) is 0 Å². The molecule has 94 valence electrons. The lowest BCUT2D eigenvalue weighted by molar-refractivity contribution is 0.327. The van der Waals surface area contributed by atoms with E-state index in [1.807, 2.05) is 13.8 Å². The molecule has 17 heavy (non-hydrogen) atoms. The summed E-state index contributed by atoms with van der Waals surface area (Å²) in [5.74, 6) is 1.89. The Labute approximate surface area is 102 Å². The Bertz CT molecular complexity index is 388. The van der Waals surface area contributed by atoms with E-state index in [9.17, 15) is 0 Å². The van der Waals surface area contributed by atoms with E-state index in [2.05, 4.69) is 15.3 Å². The number of rotatable bonds is 4. The van der Waals surface area contributed by atoms with Crippen LogP contribution in [0.3, 0.4) is 0 Å².